The van der Waals surface area contributed by atoms with E-state index in [1.807, 2.05) is 0 Å². The summed E-state index contributed by atoms with van der Waals surface area (Å²) in [6, 6.07) is 9.72. The number of likely N-dealkylation sites (tertiary alicyclic amines) is 1. The SMILES string of the molecule is COC(=O)N1C(=O)C2CC=C3C(CC4C(=O)N(Nc5ncc(C(F)(F)F)cc5Cl)C(=O)C4(c4ccc(Cl)cc4)C3c3cc(Br)cc(OC)c3O)C2C1=O. The number of imide groups is 4. The number of amides is 5. The summed E-state index contributed by atoms with van der Waals surface area (Å²) in [5.74, 6) is -9.85. The summed E-state index contributed by atoms with van der Waals surface area (Å²) >= 11 is 15.9. The Morgan fingerprint density at radius 1 is 1.04 bits per heavy atom. The maximum atomic E-state index is 15.2. The molecule has 3 aromatic rings. The summed E-state index contributed by atoms with van der Waals surface area (Å²) in [7, 11) is 2.34. The molecule has 0 spiro atoms. The Kier molecular flexibility index (Phi) is 9.01. The van der Waals surface area contributed by atoms with Crippen molar-refractivity contribution in [3.05, 3.63) is 91.5 Å². The van der Waals surface area contributed by atoms with Crippen LogP contribution in [0.15, 0.2) is 64.8 Å². The molecule has 2 N–H and O–H groups in total. The number of rotatable bonds is 5. The Balaban J connectivity index is 1.47. The molecule has 7 rings (SSSR count). The lowest BCUT2D eigenvalue weighted by molar-refractivity contribution is -0.140. The molecule has 6 atom stereocenters. The monoisotopic (exact) mass is 836 g/mol. The van der Waals surface area contributed by atoms with Crippen LogP contribution in [0.2, 0.25) is 10.0 Å². The van der Waals surface area contributed by atoms with E-state index in [0.29, 0.717) is 37.2 Å². The number of carbonyl (C=O) groups excluding carboxylic acids is 5. The number of alkyl halides is 3. The predicted octanol–water partition coefficient (Wildman–Crippen LogP) is 6.64. The standard InChI is InChI=1S/C35H26BrCl2F3N4O8/c1-52-24-11-16(36)10-21(27(24)46)26-18-7-8-19-25(31(49)44(29(19)47)33(51)53-2)20(18)12-22-30(48)45(32(50)34(22,26)14-3-5-17(37)6-4-14)43-28-23(38)9-15(13-42-28)35(39,40)41/h3-7,9-11,13,19-20,22,25-26,46H,8,12H2,1-2H3,(H,42,43). The molecule has 6 unspecified atom stereocenters. The lowest BCUT2D eigenvalue weighted by atomic mass is 9.49. The molecule has 18 heteroatoms. The quantitative estimate of drug-likeness (QED) is 0.211. The van der Waals surface area contributed by atoms with Crippen LogP contribution in [0.25, 0.3) is 0 Å². The maximum Gasteiger partial charge on any atom is 0.423 e. The van der Waals surface area contributed by atoms with Crippen molar-refractivity contribution in [2.45, 2.75) is 30.4 Å². The number of halogens is 6. The molecule has 2 saturated heterocycles. The fourth-order valence-corrected chi connectivity index (χ4v) is 9.16. The number of pyridine rings is 1. The molecule has 5 amide bonds. The van der Waals surface area contributed by atoms with Gasteiger partial charge in [-0.2, -0.15) is 23.1 Å². The highest BCUT2D eigenvalue weighted by Crippen LogP contribution is 2.65. The van der Waals surface area contributed by atoms with E-state index in [1.165, 1.54) is 31.4 Å². The number of carbonyl (C=O) groups is 5. The highest BCUT2D eigenvalue weighted by Gasteiger charge is 2.71. The third-order valence-electron chi connectivity index (χ3n) is 10.5. The van der Waals surface area contributed by atoms with E-state index in [1.54, 1.807) is 18.2 Å². The van der Waals surface area contributed by atoms with Gasteiger partial charge in [-0.25, -0.2) is 9.78 Å². The fourth-order valence-electron chi connectivity index (χ4n) is 8.37. The number of hydrogen-bond donors (Lipinski definition) is 2. The molecule has 53 heavy (non-hydrogen) atoms. The van der Waals surface area contributed by atoms with E-state index >= 15 is 4.79 Å². The molecular formula is C35H26BrCl2F3N4O8. The van der Waals surface area contributed by atoms with Crippen LogP contribution in [0, 0.1) is 23.7 Å². The van der Waals surface area contributed by atoms with Gasteiger partial charge in [-0.3, -0.25) is 24.6 Å². The van der Waals surface area contributed by atoms with Crippen LogP contribution in [0.4, 0.5) is 23.8 Å². The number of nitrogens with one attached hydrogen (secondary N) is 1. The largest absolute Gasteiger partial charge is 0.504 e. The first-order valence-corrected chi connectivity index (χ1v) is 17.5. The van der Waals surface area contributed by atoms with Gasteiger partial charge in [0.15, 0.2) is 17.3 Å². The van der Waals surface area contributed by atoms with Crippen molar-refractivity contribution in [1.82, 2.24) is 14.9 Å². The number of phenolic OH excluding ortho intramolecular Hbond substituents is 1. The number of methoxy groups -OCH3 is 2. The van der Waals surface area contributed by atoms with Crippen molar-refractivity contribution in [2.75, 3.05) is 19.6 Å². The van der Waals surface area contributed by atoms with Crippen LogP contribution in [0.5, 0.6) is 11.5 Å². The molecule has 12 nitrogen and oxygen atoms in total. The number of aromatic hydroxyl groups is 1. The molecule has 2 aromatic carbocycles. The Morgan fingerprint density at radius 3 is 2.36 bits per heavy atom. The predicted molar refractivity (Wildman–Crippen MR) is 183 cm³/mol. The Hall–Kier alpha value is -4.67. The molecular weight excluding hydrogens is 812 g/mol. The summed E-state index contributed by atoms with van der Waals surface area (Å²) < 4.78 is 50.9. The van der Waals surface area contributed by atoms with Crippen LogP contribution in [0.1, 0.15) is 35.4 Å². The van der Waals surface area contributed by atoms with Crippen molar-refractivity contribution in [1.29, 1.82) is 0 Å². The minimum absolute atomic E-state index is 0.00469. The summed E-state index contributed by atoms with van der Waals surface area (Å²) in [4.78, 5) is 74.2. The highest BCUT2D eigenvalue weighted by molar-refractivity contribution is 9.10. The average molecular weight is 838 g/mol. The second kappa shape index (κ2) is 13.0. The Morgan fingerprint density at radius 2 is 1.74 bits per heavy atom. The van der Waals surface area contributed by atoms with Crippen LogP contribution >= 0.6 is 39.1 Å². The van der Waals surface area contributed by atoms with Crippen LogP contribution < -0.4 is 10.2 Å². The minimum Gasteiger partial charge on any atom is -0.504 e. The molecule has 1 aromatic heterocycles. The molecule has 0 bridgehead atoms. The number of aromatic nitrogens is 1. The van der Waals surface area contributed by atoms with Gasteiger partial charge in [0.1, 0.15) is 0 Å². The zero-order valence-electron chi connectivity index (χ0n) is 27.4. The zero-order valence-corrected chi connectivity index (χ0v) is 30.5. The summed E-state index contributed by atoms with van der Waals surface area (Å²) in [5, 5.41) is 12.1. The second-order valence-electron chi connectivity index (χ2n) is 12.9. The molecule has 276 valence electrons. The van der Waals surface area contributed by atoms with Crippen molar-refractivity contribution >= 4 is 74.7 Å². The van der Waals surface area contributed by atoms with E-state index in [4.69, 9.17) is 32.7 Å². The zero-order chi connectivity index (χ0) is 38.3. The molecule has 2 aliphatic carbocycles. The number of phenols is 1. The van der Waals surface area contributed by atoms with Gasteiger partial charge in [0, 0.05) is 27.2 Å². The van der Waals surface area contributed by atoms with Gasteiger partial charge in [0.25, 0.3) is 11.8 Å². The van der Waals surface area contributed by atoms with Gasteiger partial charge in [0.2, 0.25) is 11.8 Å². The van der Waals surface area contributed by atoms with Crippen molar-refractivity contribution in [3.63, 3.8) is 0 Å². The summed E-state index contributed by atoms with van der Waals surface area (Å²) in [5.41, 5.74) is 0.262. The first kappa shape index (κ1) is 36.7. The molecule has 4 aliphatic rings. The van der Waals surface area contributed by atoms with Crippen molar-refractivity contribution < 1.29 is 51.7 Å². The van der Waals surface area contributed by atoms with Crippen LogP contribution in [-0.2, 0) is 35.5 Å². The summed E-state index contributed by atoms with van der Waals surface area (Å²) in [6.07, 6.45) is -4.02. The number of nitrogens with zero attached hydrogens (tertiary/aromatic N) is 3. The smallest absolute Gasteiger partial charge is 0.423 e. The third-order valence-corrected chi connectivity index (χ3v) is 11.5. The van der Waals surface area contributed by atoms with Gasteiger partial charge in [0.05, 0.1) is 48.0 Å². The third kappa shape index (κ3) is 5.47. The van der Waals surface area contributed by atoms with E-state index < -0.39 is 87.3 Å². The van der Waals surface area contributed by atoms with Gasteiger partial charge in [-0.15, -0.1) is 0 Å². The van der Waals surface area contributed by atoms with Crippen molar-refractivity contribution in [2.24, 2.45) is 23.7 Å². The average Bonchev–Trinajstić information content (AvgIpc) is 3.50. The first-order chi connectivity index (χ1) is 25.1. The van der Waals surface area contributed by atoms with E-state index in [0.717, 1.165) is 7.11 Å². The van der Waals surface area contributed by atoms with Crippen LogP contribution in [-0.4, -0.2) is 63.9 Å². The second-order valence-corrected chi connectivity index (χ2v) is 14.7. The van der Waals surface area contributed by atoms with Crippen molar-refractivity contribution in [3.8, 4) is 11.5 Å². The summed E-state index contributed by atoms with van der Waals surface area (Å²) in [6.45, 7) is 0. The number of hydrogen-bond acceptors (Lipinski definition) is 10. The van der Waals surface area contributed by atoms with Gasteiger partial charge in [-0.1, -0.05) is 62.9 Å². The van der Waals surface area contributed by atoms with E-state index in [-0.39, 0.29) is 35.5 Å². The first-order valence-electron chi connectivity index (χ1n) is 15.9. The van der Waals surface area contributed by atoms with E-state index in [2.05, 4.69) is 26.3 Å². The maximum absolute atomic E-state index is 15.2. The molecule has 3 heterocycles. The lowest BCUT2D eigenvalue weighted by Gasteiger charge is -2.50. The lowest BCUT2D eigenvalue weighted by Crippen LogP contribution is -2.53. The molecule has 0 radical (unpaired) electrons. The minimum atomic E-state index is -4.79. The highest BCUT2D eigenvalue weighted by atomic mass is 79.9. The Bertz CT molecular complexity index is 2150. The Labute approximate surface area is 316 Å². The number of allylic oxidation sites excluding steroid dienone is 2. The molecule has 2 aliphatic heterocycles. The number of fused-ring (bicyclic) bond motifs is 4. The fraction of sp³-hybridized carbons (Fsp3) is 0.314. The number of hydrazine groups is 1. The number of anilines is 1. The molecule has 1 saturated carbocycles. The van der Waals surface area contributed by atoms with E-state index in [9.17, 15) is 37.5 Å². The number of benzene rings is 2. The van der Waals surface area contributed by atoms with Crippen LogP contribution in [0.3, 0.4) is 0 Å². The topological polar surface area (TPSA) is 155 Å². The van der Waals surface area contributed by atoms with Gasteiger partial charge >= 0.3 is 12.3 Å². The van der Waals surface area contributed by atoms with Gasteiger partial charge in [-0.05, 0) is 54.7 Å². The number of ether oxygens (including phenoxy) is 2. The molecule has 3 fully saturated rings. The van der Waals surface area contributed by atoms with Gasteiger partial charge < -0.3 is 14.6 Å². The normalized spacial score (nSPS) is 26.6.